The van der Waals surface area contributed by atoms with Gasteiger partial charge in [-0.1, -0.05) is 6.92 Å². The smallest absolute Gasteiger partial charge is 0.257 e. The highest BCUT2D eigenvalue weighted by Crippen LogP contribution is 2.37. The monoisotopic (exact) mass is 326 g/mol. The average Bonchev–Trinajstić information content (AvgIpc) is 3.07. The van der Waals surface area contributed by atoms with Crippen LogP contribution in [0.3, 0.4) is 0 Å². The van der Waals surface area contributed by atoms with Gasteiger partial charge in [0.2, 0.25) is 0 Å². The van der Waals surface area contributed by atoms with Crippen molar-refractivity contribution in [2.45, 2.75) is 52.6 Å². The molecule has 2 fully saturated rings. The molecule has 0 aromatic carbocycles. The summed E-state index contributed by atoms with van der Waals surface area (Å²) in [6.45, 7) is 8.63. The molecule has 2 N–H and O–H groups in total. The van der Waals surface area contributed by atoms with E-state index >= 15 is 0 Å². The van der Waals surface area contributed by atoms with E-state index in [0.29, 0.717) is 11.8 Å². The fourth-order valence-electron chi connectivity index (χ4n) is 4.07. The van der Waals surface area contributed by atoms with Gasteiger partial charge >= 0.3 is 0 Å². The number of fused-ring (bicyclic) bond motifs is 1. The summed E-state index contributed by atoms with van der Waals surface area (Å²) in [5.41, 5.74) is 8.83. The van der Waals surface area contributed by atoms with Crippen LogP contribution in [0.15, 0.2) is 0 Å². The summed E-state index contributed by atoms with van der Waals surface area (Å²) in [5, 5.41) is 4.52. The highest BCUT2D eigenvalue weighted by Gasteiger charge is 2.43. The van der Waals surface area contributed by atoms with Crippen LogP contribution >= 0.6 is 12.4 Å². The van der Waals surface area contributed by atoms with Gasteiger partial charge in [0.1, 0.15) is 0 Å². The van der Waals surface area contributed by atoms with Crippen LogP contribution in [0.4, 0.5) is 0 Å². The molecule has 6 heteroatoms. The molecular weight excluding hydrogens is 300 g/mol. The molecule has 3 unspecified atom stereocenters. The van der Waals surface area contributed by atoms with Crippen LogP contribution in [0.5, 0.6) is 0 Å². The van der Waals surface area contributed by atoms with E-state index in [1.165, 1.54) is 6.42 Å². The van der Waals surface area contributed by atoms with Crippen LogP contribution in [0.25, 0.3) is 0 Å². The highest BCUT2D eigenvalue weighted by atomic mass is 35.5. The minimum absolute atomic E-state index is 0. The molecular formula is C16H27ClN4O. The maximum atomic E-state index is 12.9. The number of aryl methyl sites for hydroxylation is 2. The number of likely N-dealkylation sites (tertiary alicyclic amines) is 1. The Hall–Kier alpha value is -1.07. The number of carbonyl (C=O) groups is 1. The standard InChI is InChI=1S/C16H26N4O.ClH/c1-4-7-20-11(3)15(10(2)18-20)16(21)19-8-12-5-6-14(17)13(12)9-19;/h12-14H,4-9,17H2,1-3H3;1H. The summed E-state index contributed by atoms with van der Waals surface area (Å²) in [7, 11) is 0. The van der Waals surface area contributed by atoms with Crippen molar-refractivity contribution < 1.29 is 4.79 Å². The number of hydrogen-bond donors (Lipinski definition) is 1. The summed E-state index contributed by atoms with van der Waals surface area (Å²) in [6.07, 6.45) is 3.31. The van der Waals surface area contributed by atoms with E-state index in [9.17, 15) is 4.79 Å². The second-order valence-electron chi connectivity index (χ2n) is 6.64. The van der Waals surface area contributed by atoms with Gasteiger partial charge in [0.25, 0.3) is 5.91 Å². The van der Waals surface area contributed by atoms with Crippen LogP contribution in [0, 0.1) is 25.7 Å². The van der Waals surface area contributed by atoms with Crippen LogP contribution in [-0.2, 0) is 6.54 Å². The Labute approximate surface area is 138 Å². The van der Waals surface area contributed by atoms with Gasteiger partial charge in [0.05, 0.1) is 11.3 Å². The van der Waals surface area contributed by atoms with E-state index in [-0.39, 0.29) is 24.4 Å². The molecule has 5 nitrogen and oxygen atoms in total. The van der Waals surface area contributed by atoms with E-state index < -0.39 is 0 Å². The van der Waals surface area contributed by atoms with Gasteiger partial charge in [-0.25, -0.2) is 0 Å². The third-order valence-electron chi connectivity index (χ3n) is 5.23. The Morgan fingerprint density at radius 3 is 2.68 bits per heavy atom. The Morgan fingerprint density at radius 1 is 1.32 bits per heavy atom. The number of hydrogen-bond acceptors (Lipinski definition) is 3. The van der Waals surface area contributed by atoms with E-state index in [4.69, 9.17) is 5.73 Å². The van der Waals surface area contributed by atoms with Crippen molar-refractivity contribution in [1.82, 2.24) is 14.7 Å². The SMILES string of the molecule is CCCn1nc(C)c(C(=O)N2CC3CCC(N)C3C2)c1C.Cl. The van der Waals surface area contributed by atoms with Gasteiger partial charge in [-0.3, -0.25) is 9.48 Å². The van der Waals surface area contributed by atoms with Crippen molar-refractivity contribution in [2.24, 2.45) is 17.6 Å². The molecule has 0 bridgehead atoms. The second-order valence-corrected chi connectivity index (χ2v) is 6.64. The number of nitrogens with zero attached hydrogens (tertiary/aromatic N) is 3. The Bertz CT molecular complexity index is 557. The fourth-order valence-corrected chi connectivity index (χ4v) is 4.07. The molecule has 0 spiro atoms. The lowest BCUT2D eigenvalue weighted by molar-refractivity contribution is 0.0778. The van der Waals surface area contributed by atoms with Gasteiger partial charge in [-0.2, -0.15) is 5.10 Å². The maximum Gasteiger partial charge on any atom is 0.257 e. The minimum atomic E-state index is 0. The predicted molar refractivity (Wildman–Crippen MR) is 89.3 cm³/mol. The van der Waals surface area contributed by atoms with Gasteiger partial charge in [0.15, 0.2) is 0 Å². The largest absolute Gasteiger partial charge is 0.338 e. The van der Waals surface area contributed by atoms with E-state index in [1.807, 2.05) is 23.4 Å². The zero-order valence-corrected chi connectivity index (χ0v) is 14.5. The molecule has 3 atom stereocenters. The van der Waals surface area contributed by atoms with Crippen molar-refractivity contribution >= 4 is 18.3 Å². The summed E-state index contributed by atoms with van der Waals surface area (Å²) in [4.78, 5) is 14.9. The molecule has 1 aliphatic heterocycles. The van der Waals surface area contributed by atoms with Crippen LogP contribution in [0.2, 0.25) is 0 Å². The lowest BCUT2D eigenvalue weighted by Gasteiger charge is -2.19. The number of nitrogens with two attached hydrogens (primary N) is 1. The number of carbonyl (C=O) groups excluding carboxylic acids is 1. The molecule has 1 aliphatic carbocycles. The van der Waals surface area contributed by atoms with E-state index in [0.717, 1.165) is 49.4 Å². The maximum absolute atomic E-state index is 12.9. The minimum Gasteiger partial charge on any atom is -0.338 e. The molecule has 0 radical (unpaired) electrons. The van der Waals surface area contributed by atoms with Crippen molar-refractivity contribution in [1.29, 1.82) is 0 Å². The molecule has 1 amide bonds. The first-order valence-corrected chi connectivity index (χ1v) is 8.11. The zero-order valence-electron chi connectivity index (χ0n) is 13.7. The lowest BCUT2D eigenvalue weighted by atomic mass is 9.98. The summed E-state index contributed by atoms with van der Waals surface area (Å²) in [6, 6.07) is 0.276. The number of amides is 1. The predicted octanol–water partition coefficient (Wildman–Crippen LogP) is 2.14. The second kappa shape index (κ2) is 6.59. The van der Waals surface area contributed by atoms with Crippen molar-refractivity contribution in [3.8, 4) is 0 Å². The molecule has 124 valence electrons. The van der Waals surface area contributed by atoms with Gasteiger partial charge in [-0.05, 0) is 44.9 Å². The molecule has 22 heavy (non-hydrogen) atoms. The topological polar surface area (TPSA) is 64.2 Å². The normalized spacial score (nSPS) is 26.9. The van der Waals surface area contributed by atoms with Crippen LogP contribution < -0.4 is 5.73 Å². The van der Waals surface area contributed by atoms with Gasteiger partial charge in [0, 0.05) is 31.4 Å². The first-order valence-electron chi connectivity index (χ1n) is 8.11. The van der Waals surface area contributed by atoms with Gasteiger partial charge < -0.3 is 10.6 Å². The number of rotatable bonds is 3. The Morgan fingerprint density at radius 2 is 2.05 bits per heavy atom. The highest BCUT2D eigenvalue weighted by molar-refractivity contribution is 5.96. The van der Waals surface area contributed by atoms with Crippen molar-refractivity contribution in [3.63, 3.8) is 0 Å². The molecule has 2 aliphatic rings. The van der Waals surface area contributed by atoms with Crippen molar-refractivity contribution in [3.05, 3.63) is 17.0 Å². The van der Waals surface area contributed by atoms with Gasteiger partial charge in [-0.15, -0.1) is 12.4 Å². The van der Waals surface area contributed by atoms with E-state index in [1.54, 1.807) is 0 Å². The summed E-state index contributed by atoms with van der Waals surface area (Å²) in [5.74, 6) is 1.25. The summed E-state index contributed by atoms with van der Waals surface area (Å²) >= 11 is 0. The zero-order chi connectivity index (χ0) is 15.1. The molecule has 1 saturated carbocycles. The average molecular weight is 327 g/mol. The van der Waals surface area contributed by atoms with Crippen LogP contribution in [-0.4, -0.2) is 39.7 Å². The van der Waals surface area contributed by atoms with E-state index in [2.05, 4.69) is 12.0 Å². The third kappa shape index (κ3) is 2.76. The Balaban J connectivity index is 0.00000176. The first kappa shape index (κ1) is 17.3. The molecule has 3 rings (SSSR count). The molecule has 1 aromatic heterocycles. The molecule has 2 heterocycles. The quantitative estimate of drug-likeness (QED) is 0.925. The number of halogens is 1. The first-order chi connectivity index (χ1) is 10.0. The molecule has 1 aromatic rings. The third-order valence-corrected chi connectivity index (χ3v) is 5.23. The Kier molecular flexibility index (Phi) is 5.17. The fraction of sp³-hybridized carbons (Fsp3) is 0.750. The summed E-state index contributed by atoms with van der Waals surface area (Å²) < 4.78 is 1.96. The lowest BCUT2D eigenvalue weighted by Crippen LogP contribution is -2.34. The number of aromatic nitrogens is 2. The van der Waals surface area contributed by atoms with Crippen molar-refractivity contribution in [2.75, 3.05) is 13.1 Å². The molecule has 1 saturated heterocycles. The van der Waals surface area contributed by atoms with Crippen LogP contribution in [0.1, 0.15) is 47.9 Å².